The molecule has 0 amide bonds. The summed E-state index contributed by atoms with van der Waals surface area (Å²) < 4.78 is 12.1. The molecule has 1 N–H and O–H groups in total. The van der Waals surface area contributed by atoms with Crippen LogP contribution in [-0.2, 0) is 17.3 Å². The van der Waals surface area contributed by atoms with Crippen molar-refractivity contribution in [2.24, 2.45) is 4.99 Å². The van der Waals surface area contributed by atoms with Crippen LogP contribution in [0.1, 0.15) is 26.3 Å². The Kier molecular flexibility index (Phi) is 7.30. The molecule has 1 aliphatic heterocycles. The number of aliphatic imine (C=N–C) groups is 1. The highest BCUT2D eigenvalue weighted by Crippen LogP contribution is 2.20. The van der Waals surface area contributed by atoms with Crippen molar-refractivity contribution < 1.29 is 4.21 Å². The monoisotopic (exact) mass is 414 g/mol. The SMILES string of the molecule is CN=C(NCCS(=O)C(C)(C)C)N1CCN(Cc2cccc3ccccc23)CC1. The Morgan fingerprint density at radius 2 is 1.76 bits per heavy atom. The molecule has 1 saturated heterocycles. The molecule has 2 aromatic rings. The summed E-state index contributed by atoms with van der Waals surface area (Å²) in [5.74, 6) is 1.56. The van der Waals surface area contributed by atoms with Crippen LogP contribution in [0, 0.1) is 0 Å². The quantitative estimate of drug-likeness (QED) is 0.603. The predicted octanol–water partition coefficient (Wildman–Crippen LogP) is 3.08. The summed E-state index contributed by atoms with van der Waals surface area (Å²) in [6.45, 7) is 11.7. The first-order valence-corrected chi connectivity index (χ1v) is 11.7. The average Bonchev–Trinajstić information content (AvgIpc) is 2.71. The first kappa shape index (κ1) is 21.8. The van der Waals surface area contributed by atoms with E-state index in [9.17, 15) is 4.21 Å². The van der Waals surface area contributed by atoms with Crippen LogP contribution in [0.4, 0.5) is 0 Å². The molecule has 3 rings (SSSR count). The second kappa shape index (κ2) is 9.72. The van der Waals surface area contributed by atoms with Gasteiger partial charge in [0.15, 0.2) is 5.96 Å². The lowest BCUT2D eigenvalue weighted by Crippen LogP contribution is -2.52. The molecule has 0 aromatic heterocycles. The first-order chi connectivity index (χ1) is 13.9. The van der Waals surface area contributed by atoms with Crippen LogP contribution < -0.4 is 5.32 Å². The summed E-state index contributed by atoms with van der Waals surface area (Å²) in [5, 5.41) is 6.05. The second-order valence-corrected chi connectivity index (χ2v) is 10.9. The summed E-state index contributed by atoms with van der Waals surface area (Å²) in [4.78, 5) is 9.25. The maximum Gasteiger partial charge on any atom is 0.193 e. The number of guanidine groups is 1. The Bertz CT molecular complexity index is 861. The van der Waals surface area contributed by atoms with E-state index in [1.165, 1.54) is 16.3 Å². The number of rotatable bonds is 5. The van der Waals surface area contributed by atoms with E-state index in [1.54, 1.807) is 0 Å². The van der Waals surface area contributed by atoms with E-state index < -0.39 is 10.8 Å². The molecular formula is C23H34N4OS. The maximum absolute atomic E-state index is 12.2. The standard InChI is InChI=1S/C23H34N4OS/c1-23(2,3)29(28)17-12-25-22(24-4)27-15-13-26(14-16-27)18-20-10-7-9-19-8-5-6-11-21(19)20/h5-11H,12-18H2,1-4H3,(H,24,25). The molecule has 2 aromatic carbocycles. The number of benzene rings is 2. The van der Waals surface area contributed by atoms with Crippen LogP contribution in [0.3, 0.4) is 0 Å². The van der Waals surface area contributed by atoms with Gasteiger partial charge in [-0.1, -0.05) is 42.5 Å². The summed E-state index contributed by atoms with van der Waals surface area (Å²) in [6, 6.07) is 15.2. The molecule has 1 fully saturated rings. The van der Waals surface area contributed by atoms with Gasteiger partial charge in [0.05, 0.1) is 0 Å². The van der Waals surface area contributed by atoms with Crippen molar-refractivity contribution in [2.45, 2.75) is 32.1 Å². The minimum absolute atomic E-state index is 0.168. The van der Waals surface area contributed by atoms with E-state index in [2.05, 4.69) is 62.6 Å². The summed E-state index contributed by atoms with van der Waals surface area (Å²) >= 11 is 0. The van der Waals surface area contributed by atoms with E-state index in [4.69, 9.17) is 0 Å². The molecule has 5 nitrogen and oxygen atoms in total. The van der Waals surface area contributed by atoms with Crippen LogP contribution >= 0.6 is 0 Å². The number of nitrogens with zero attached hydrogens (tertiary/aromatic N) is 3. The molecule has 0 aliphatic carbocycles. The topological polar surface area (TPSA) is 47.9 Å². The molecular weight excluding hydrogens is 380 g/mol. The van der Waals surface area contributed by atoms with E-state index in [1.807, 2.05) is 27.8 Å². The van der Waals surface area contributed by atoms with Gasteiger partial charge in [-0.2, -0.15) is 0 Å². The zero-order valence-electron chi connectivity index (χ0n) is 18.1. The third kappa shape index (κ3) is 5.80. The number of hydrogen-bond donors (Lipinski definition) is 1. The zero-order chi connectivity index (χ0) is 20.9. The normalized spacial score (nSPS) is 17.5. The zero-order valence-corrected chi connectivity index (χ0v) is 19.0. The van der Waals surface area contributed by atoms with Crippen molar-refractivity contribution in [3.8, 4) is 0 Å². The van der Waals surface area contributed by atoms with E-state index >= 15 is 0 Å². The lowest BCUT2D eigenvalue weighted by molar-refractivity contribution is 0.173. The van der Waals surface area contributed by atoms with Crippen LogP contribution in [0.2, 0.25) is 0 Å². The minimum atomic E-state index is -0.845. The van der Waals surface area contributed by atoms with E-state index in [0.29, 0.717) is 12.3 Å². The average molecular weight is 415 g/mol. The van der Waals surface area contributed by atoms with Gasteiger partial charge in [-0.15, -0.1) is 0 Å². The lowest BCUT2D eigenvalue weighted by atomic mass is 10.0. The van der Waals surface area contributed by atoms with Gasteiger partial charge < -0.3 is 10.2 Å². The highest BCUT2D eigenvalue weighted by Gasteiger charge is 2.22. The van der Waals surface area contributed by atoms with Crippen molar-refractivity contribution in [3.63, 3.8) is 0 Å². The molecule has 1 aliphatic rings. The van der Waals surface area contributed by atoms with Crippen molar-refractivity contribution >= 4 is 27.5 Å². The smallest absolute Gasteiger partial charge is 0.193 e. The fourth-order valence-corrected chi connectivity index (χ4v) is 4.58. The Labute approximate surface area is 177 Å². The van der Waals surface area contributed by atoms with Gasteiger partial charge >= 0.3 is 0 Å². The summed E-state index contributed by atoms with van der Waals surface area (Å²) in [5.41, 5.74) is 1.39. The van der Waals surface area contributed by atoms with Crippen LogP contribution in [0.15, 0.2) is 47.5 Å². The number of nitrogens with one attached hydrogen (secondary N) is 1. The third-order valence-electron chi connectivity index (χ3n) is 5.41. The molecule has 1 heterocycles. The van der Waals surface area contributed by atoms with Crippen molar-refractivity contribution in [3.05, 3.63) is 48.0 Å². The summed E-state index contributed by atoms with van der Waals surface area (Å²) in [6.07, 6.45) is 0. The van der Waals surface area contributed by atoms with Crippen molar-refractivity contribution in [1.29, 1.82) is 0 Å². The largest absolute Gasteiger partial charge is 0.355 e. The molecule has 0 saturated carbocycles. The van der Waals surface area contributed by atoms with Gasteiger partial charge in [-0.05, 0) is 37.1 Å². The lowest BCUT2D eigenvalue weighted by Gasteiger charge is -2.36. The Morgan fingerprint density at radius 1 is 1.07 bits per heavy atom. The highest BCUT2D eigenvalue weighted by molar-refractivity contribution is 7.86. The fraction of sp³-hybridized carbons (Fsp3) is 0.522. The van der Waals surface area contributed by atoms with Crippen LogP contribution in [0.25, 0.3) is 10.8 Å². The molecule has 0 bridgehead atoms. The second-order valence-electron chi connectivity index (χ2n) is 8.54. The molecule has 6 heteroatoms. The van der Waals surface area contributed by atoms with Gasteiger partial charge in [-0.25, -0.2) is 0 Å². The number of fused-ring (bicyclic) bond motifs is 1. The van der Waals surface area contributed by atoms with Crippen LogP contribution in [-0.4, -0.2) is 70.2 Å². The Balaban J connectivity index is 1.51. The third-order valence-corrected chi connectivity index (χ3v) is 7.35. The minimum Gasteiger partial charge on any atom is -0.355 e. The van der Waals surface area contributed by atoms with E-state index in [-0.39, 0.29) is 4.75 Å². The number of hydrogen-bond acceptors (Lipinski definition) is 3. The molecule has 0 spiro atoms. The first-order valence-electron chi connectivity index (χ1n) is 10.4. The van der Waals surface area contributed by atoms with Gasteiger partial charge in [0.2, 0.25) is 0 Å². The van der Waals surface area contributed by atoms with Gasteiger partial charge in [0.25, 0.3) is 0 Å². The Morgan fingerprint density at radius 3 is 2.45 bits per heavy atom. The predicted molar refractivity (Wildman–Crippen MR) is 125 cm³/mol. The molecule has 29 heavy (non-hydrogen) atoms. The van der Waals surface area contributed by atoms with Gasteiger partial charge in [-0.3, -0.25) is 14.1 Å². The molecule has 158 valence electrons. The number of piperazine rings is 1. The van der Waals surface area contributed by atoms with Gasteiger partial charge in [0, 0.05) is 67.6 Å². The molecule has 1 unspecified atom stereocenters. The highest BCUT2D eigenvalue weighted by atomic mass is 32.2. The maximum atomic E-state index is 12.2. The fourth-order valence-electron chi connectivity index (χ4n) is 3.68. The molecule has 0 radical (unpaired) electrons. The van der Waals surface area contributed by atoms with Crippen LogP contribution in [0.5, 0.6) is 0 Å². The van der Waals surface area contributed by atoms with Crippen molar-refractivity contribution in [2.75, 3.05) is 45.5 Å². The van der Waals surface area contributed by atoms with Crippen molar-refractivity contribution in [1.82, 2.24) is 15.1 Å². The van der Waals surface area contributed by atoms with Gasteiger partial charge in [0.1, 0.15) is 0 Å². The molecule has 1 atom stereocenters. The summed E-state index contributed by atoms with van der Waals surface area (Å²) in [7, 11) is 0.980. The van der Waals surface area contributed by atoms with E-state index in [0.717, 1.165) is 38.7 Å². The Hall–Kier alpha value is -1.92.